The molecule has 4 bridgehead atoms. The number of allylic oxidation sites excluding steroid dienone is 5. The first-order valence-electron chi connectivity index (χ1n) is 21.6. The highest BCUT2D eigenvalue weighted by atomic mass is 15.2. The van der Waals surface area contributed by atoms with Crippen LogP contribution in [-0.2, 0) is 6.42 Å². The Labute approximate surface area is 329 Å². The van der Waals surface area contributed by atoms with Crippen LogP contribution in [0, 0.1) is 48.3 Å². The predicted octanol–water partition coefficient (Wildman–Crippen LogP) is 12.0. The number of hydrogen-bond donors (Lipinski definition) is 2. The standard InChI is InChI=1S/C50H74N4/c1-15-40-28-33(5)21-20-32(4)18-16-19-34(6)39(11)51-45-37(9)42-36(8)35(7)41-29-49(14,23-17-22-48(40,12)13)38(10)43(41)44(42)46-47(45)53-50(52-46)24-26-54(27-25-50)30-31(2)3/h16,18-19,31-33,40,51,53H,9-11,15,17,20-30H2,1-8,12-14H3/b18-16+,34-19?. The van der Waals surface area contributed by atoms with E-state index in [2.05, 4.69) is 117 Å². The Balaban J connectivity index is 1.51. The van der Waals surface area contributed by atoms with Gasteiger partial charge in [0.15, 0.2) is 0 Å². The van der Waals surface area contributed by atoms with Gasteiger partial charge in [0.25, 0.3) is 0 Å². The van der Waals surface area contributed by atoms with Crippen LogP contribution in [0.4, 0.5) is 11.4 Å². The Morgan fingerprint density at radius 3 is 2.30 bits per heavy atom. The van der Waals surface area contributed by atoms with Gasteiger partial charge in [-0.2, -0.15) is 0 Å². The third kappa shape index (κ3) is 7.67. The van der Waals surface area contributed by atoms with E-state index in [-0.39, 0.29) is 11.1 Å². The molecule has 294 valence electrons. The summed E-state index contributed by atoms with van der Waals surface area (Å²) in [7, 11) is 0. The number of hydrogen-bond acceptors (Lipinski definition) is 4. The fraction of sp³-hybridized carbons (Fsp3) is 0.620. The first-order valence-corrected chi connectivity index (χ1v) is 21.6. The third-order valence-corrected chi connectivity index (χ3v) is 14.6. The van der Waals surface area contributed by atoms with Gasteiger partial charge in [0.1, 0.15) is 5.66 Å². The summed E-state index contributed by atoms with van der Waals surface area (Å²) in [5.74, 6) is 2.67. The first-order chi connectivity index (χ1) is 25.4. The monoisotopic (exact) mass is 731 g/mol. The van der Waals surface area contributed by atoms with E-state index < -0.39 is 0 Å². The molecule has 4 nitrogen and oxygen atoms in total. The van der Waals surface area contributed by atoms with E-state index in [1.807, 2.05) is 0 Å². The highest BCUT2D eigenvalue weighted by Gasteiger charge is 2.43. The van der Waals surface area contributed by atoms with Gasteiger partial charge in [0, 0.05) is 48.8 Å². The summed E-state index contributed by atoms with van der Waals surface area (Å²) < 4.78 is 0. The van der Waals surface area contributed by atoms with Gasteiger partial charge in [0.2, 0.25) is 0 Å². The molecule has 0 aromatic heterocycles. The number of benzene rings is 2. The van der Waals surface area contributed by atoms with Gasteiger partial charge in [0.05, 0.1) is 16.7 Å². The Bertz CT molecular complexity index is 1970. The number of aryl methyl sites for hydroxylation is 1. The van der Waals surface area contributed by atoms with E-state index >= 15 is 0 Å². The largest absolute Gasteiger partial charge is 0.358 e. The molecule has 4 unspecified atom stereocenters. The predicted molar refractivity (Wildman–Crippen MR) is 237 cm³/mol. The molecule has 6 rings (SSSR count). The molecule has 0 radical (unpaired) electrons. The van der Waals surface area contributed by atoms with Gasteiger partial charge in [-0.05, 0) is 126 Å². The zero-order valence-corrected chi connectivity index (χ0v) is 36.2. The van der Waals surface area contributed by atoms with Crippen LogP contribution in [0.5, 0.6) is 0 Å². The van der Waals surface area contributed by atoms with Crippen LogP contribution in [-0.4, -0.2) is 30.2 Å². The topological polar surface area (TPSA) is 39.7 Å². The van der Waals surface area contributed by atoms with Gasteiger partial charge in [-0.15, -0.1) is 0 Å². The third-order valence-electron chi connectivity index (χ3n) is 14.6. The molecule has 3 aliphatic heterocycles. The van der Waals surface area contributed by atoms with Crippen molar-refractivity contribution < 1.29 is 0 Å². The van der Waals surface area contributed by atoms with Crippen LogP contribution in [0.1, 0.15) is 142 Å². The van der Waals surface area contributed by atoms with E-state index in [0.717, 1.165) is 90.4 Å². The number of rotatable bonds is 3. The number of likely N-dealkylation sites (tertiary alicyclic amines) is 1. The number of anilines is 2. The van der Waals surface area contributed by atoms with Crippen molar-refractivity contribution in [1.29, 1.82) is 0 Å². The fourth-order valence-electron chi connectivity index (χ4n) is 10.7. The molecule has 54 heavy (non-hydrogen) atoms. The lowest BCUT2D eigenvalue weighted by molar-refractivity contribution is 0.145. The van der Waals surface area contributed by atoms with Crippen LogP contribution in [0.3, 0.4) is 0 Å². The minimum absolute atomic E-state index is 0.0184. The average molecular weight is 731 g/mol. The van der Waals surface area contributed by atoms with Crippen molar-refractivity contribution in [1.82, 2.24) is 4.90 Å². The van der Waals surface area contributed by atoms with Crippen LogP contribution >= 0.6 is 0 Å². The molecular formula is C50H74N4. The Morgan fingerprint density at radius 1 is 0.926 bits per heavy atom. The molecule has 0 saturated carbocycles. The summed E-state index contributed by atoms with van der Waals surface area (Å²) in [6, 6.07) is 0. The quantitative estimate of drug-likeness (QED) is 0.330. The van der Waals surface area contributed by atoms with Crippen LogP contribution in [0.25, 0.3) is 22.9 Å². The lowest BCUT2D eigenvalue weighted by Crippen LogP contribution is -2.47. The van der Waals surface area contributed by atoms with Crippen molar-refractivity contribution >= 4 is 34.3 Å². The molecule has 1 saturated heterocycles. The van der Waals surface area contributed by atoms with Gasteiger partial charge in [-0.3, -0.25) is 4.99 Å². The Morgan fingerprint density at radius 2 is 1.63 bits per heavy atom. The molecule has 0 amide bonds. The SMILES string of the molecule is C=C1Nc2c3c(c4c5c(c(C)c(C)c4c2=C)CC(C)(CCCC(C)(C)C(CC)CC(C)CCC(C)/C=C/C=C1C)C5=C)=NC1(CCN(CC(C)C)CC1)N3. The van der Waals surface area contributed by atoms with Crippen molar-refractivity contribution in [2.24, 2.45) is 39.5 Å². The van der Waals surface area contributed by atoms with Gasteiger partial charge in [-0.25, -0.2) is 0 Å². The molecular weight excluding hydrogens is 657 g/mol. The number of fused-ring (bicyclic) bond motifs is 1. The summed E-state index contributed by atoms with van der Waals surface area (Å²) in [4.78, 5) is 8.41. The molecule has 1 aliphatic carbocycles. The maximum atomic E-state index is 5.79. The van der Waals surface area contributed by atoms with Crippen LogP contribution in [0.15, 0.2) is 47.6 Å². The van der Waals surface area contributed by atoms with Crippen LogP contribution < -0.4 is 21.2 Å². The molecule has 4 heteroatoms. The zero-order valence-electron chi connectivity index (χ0n) is 36.2. The Hall–Kier alpha value is -3.11. The molecule has 2 aromatic carbocycles. The number of nitrogens with zero attached hydrogens (tertiary/aromatic N) is 2. The second-order valence-corrected chi connectivity index (χ2v) is 19.8. The van der Waals surface area contributed by atoms with Crippen LogP contribution in [0.2, 0.25) is 0 Å². The Kier molecular flexibility index (Phi) is 11.6. The molecule has 4 atom stereocenters. The summed E-state index contributed by atoms with van der Waals surface area (Å²) in [5, 5.41) is 12.5. The normalized spacial score (nSPS) is 28.4. The molecule has 2 aromatic rings. The summed E-state index contributed by atoms with van der Waals surface area (Å²) >= 11 is 0. The lowest BCUT2D eigenvalue weighted by Gasteiger charge is -2.38. The van der Waals surface area contributed by atoms with Crippen molar-refractivity contribution in [2.45, 2.75) is 146 Å². The van der Waals surface area contributed by atoms with Gasteiger partial charge < -0.3 is 15.5 Å². The van der Waals surface area contributed by atoms with Crippen molar-refractivity contribution in [3.05, 3.63) is 75.5 Å². The molecule has 3 heterocycles. The maximum Gasteiger partial charge on any atom is 0.132 e. The second kappa shape index (κ2) is 15.4. The maximum absolute atomic E-state index is 5.79. The summed E-state index contributed by atoms with van der Waals surface area (Å²) in [5.41, 5.74) is 11.0. The number of piperidine rings is 1. The van der Waals surface area contributed by atoms with E-state index in [1.54, 1.807) is 0 Å². The minimum Gasteiger partial charge on any atom is -0.358 e. The first kappa shape index (κ1) is 40.6. The van der Waals surface area contributed by atoms with E-state index in [4.69, 9.17) is 18.2 Å². The fourth-order valence-corrected chi connectivity index (χ4v) is 10.7. The van der Waals surface area contributed by atoms with Crippen molar-refractivity contribution in [2.75, 3.05) is 30.3 Å². The summed E-state index contributed by atoms with van der Waals surface area (Å²) in [6.45, 7) is 44.0. The number of nitrogens with one attached hydrogen (secondary N) is 2. The minimum atomic E-state index is -0.323. The van der Waals surface area contributed by atoms with E-state index in [1.165, 1.54) is 77.1 Å². The molecule has 1 fully saturated rings. The van der Waals surface area contributed by atoms with Gasteiger partial charge in [-0.1, -0.05) is 113 Å². The van der Waals surface area contributed by atoms with Gasteiger partial charge >= 0.3 is 0 Å². The molecule has 4 aliphatic rings. The zero-order chi connectivity index (χ0) is 39.3. The highest BCUT2D eigenvalue weighted by Crippen LogP contribution is 2.53. The smallest absolute Gasteiger partial charge is 0.132 e. The van der Waals surface area contributed by atoms with Crippen molar-refractivity contribution in [3.8, 4) is 0 Å². The second-order valence-electron chi connectivity index (χ2n) is 19.8. The van der Waals surface area contributed by atoms with E-state index in [0.29, 0.717) is 17.3 Å². The van der Waals surface area contributed by atoms with Crippen molar-refractivity contribution in [3.63, 3.8) is 0 Å². The summed E-state index contributed by atoms with van der Waals surface area (Å²) in [6.07, 6.45) is 18.6. The highest BCUT2D eigenvalue weighted by molar-refractivity contribution is 6.05. The molecule has 2 N–H and O–H groups in total. The molecule has 1 spiro atoms. The average Bonchev–Trinajstić information content (AvgIpc) is 3.60. The van der Waals surface area contributed by atoms with E-state index in [9.17, 15) is 0 Å². The lowest BCUT2D eigenvalue weighted by atomic mass is 9.68.